The van der Waals surface area contributed by atoms with Gasteiger partial charge in [-0.2, -0.15) is 8.42 Å². The van der Waals surface area contributed by atoms with Crippen molar-refractivity contribution in [1.29, 1.82) is 0 Å². The van der Waals surface area contributed by atoms with Gasteiger partial charge < -0.3 is 15.2 Å². The molecule has 1 aromatic carbocycles. The van der Waals surface area contributed by atoms with Gasteiger partial charge in [-0.3, -0.25) is 8.98 Å². The predicted molar refractivity (Wildman–Crippen MR) is 139 cm³/mol. The number of cyclic esters (lactones) is 1. The molecule has 2 aliphatic rings. The van der Waals surface area contributed by atoms with Gasteiger partial charge in [0.05, 0.1) is 28.7 Å². The van der Waals surface area contributed by atoms with Gasteiger partial charge in [0, 0.05) is 34.3 Å². The van der Waals surface area contributed by atoms with Crippen molar-refractivity contribution < 1.29 is 32.0 Å². The second kappa shape index (κ2) is 10.5. The number of benzene rings is 1. The van der Waals surface area contributed by atoms with Gasteiger partial charge >= 0.3 is 16.3 Å². The number of aromatic nitrogens is 2. The van der Waals surface area contributed by atoms with E-state index in [1.807, 2.05) is 0 Å². The number of carbonyl (C=O) groups is 2. The zero-order valence-corrected chi connectivity index (χ0v) is 22.5. The molecule has 3 aromatic rings. The molecule has 38 heavy (non-hydrogen) atoms. The largest absolute Gasteiger partial charge is 0.449 e. The monoisotopic (exact) mass is 598 g/mol. The van der Waals surface area contributed by atoms with Crippen LogP contribution in [0.1, 0.15) is 55.7 Å². The van der Waals surface area contributed by atoms with Gasteiger partial charge in [0.25, 0.3) is 0 Å². The van der Waals surface area contributed by atoms with Gasteiger partial charge in [0.2, 0.25) is 5.78 Å². The number of thiophene rings is 1. The van der Waals surface area contributed by atoms with Gasteiger partial charge in [-0.05, 0) is 37.1 Å². The van der Waals surface area contributed by atoms with Crippen molar-refractivity contribution in [2.24, 2.45) is 11.1 Å². The third-order valence-corrected chi connectivity index (χ3v) is 8.45. The van der Waals surface area contributed by atoms with Crippen LogP contribution in [-0.2, 0) is 19.2 Å². The number of hydrogen-bond donors (Lipinski definition) is 3. The van der Waals surface area contributed by atoms with Gasteiger partial charge in [0.1, 0.15) is 16.5 Å². The summed E-state index contributed by atoms with van der Waals surface area (Å²) in [6.07, 6.45) is 1.64. The van der Waals surface area contributed by atoms with Crippen LogP contribution in [0.4, 0.5) is 5.82 Å². The first kappa shape index (κ1) is 26.9. The highest BCUT2D eigenvalue weighted by molar-refractivity contribution is 7.84. The van der Waals surface area contributed by atoms with E-state index in [1.54, 1.807) is 24.3 Å². The molecule has 15 heteroatoms. The van der Waals surface area contributed by atoms with Crippen LogP contribution in [-0.4, -0.2) is 54.0 Å². The van der Waals surface area contributed by atoms with E-state index in [0.29, 0.717) is 28.1 Å². The number of aliphatic hydroxyl groups is 1. The molecule has 1 aliphatic carbocycles. The molecule has 2 aromatic heterocycles. The summed E-state index contributed by atoms with van der Waals surface area (Å²) in [4.78, 5) is 34.2. The molecule has 4 N–H and O–H groups in total. The quantitative estimate of drug-likeness (QED) is 0.258. The van der Waals surface area contributed by atoms with Gasteiger partial charge in [-0.15, -0.1) is 11.3 Å². The maximum absolute atomic E-state index is 13.5. The average Bonchev–Trinajstić information content (AvgIpc) is 3.51. The highest BCUT2D eigenvalue weighted by Gasteiger charge is 2.37. The standard InChI is InChI=1S/C23H20Cl2N4O7S2/c24-11-1-2-13-14(4-11)20(36-23(13)32)15-6-18(37-21(15)25)19(31)16-7-27-9-28-22(16)29-12-3-10(17(30)5-12)8-35-38(26,33)34/h1-2,4,6-7,9-10,12,17,20,30H,3,5,8H2,(H2,26,33,34)(H,27,28,29)/t10-,12-,17+,20+/m1/s1. The lowest BCUT2D eigenvalue weighted by Crippen LogP contribution is -2.24. The topological polar surface area (TPSA) is 171 Å². The van der Waals surface area contributed by atoms with Crippen molar-refractivity contribution in [3.8, 4) is 0 Å². The van der Waals surface area contributed by atoms with Gasteiger partial charge in [0.15, 0.2) is 6.10 Å². The normalized spacial score (nSPS) is 22.8. The molecule has 0 saturated heterocycles. The average molecular weight is 599 g/mol. The lowest BCUT2D eigenvalue weighted by atomic mass is 10.0. The summed E-state index contributed by atoms with van der Waals surface area (Å²) in [6.45, 7) is -0.260. The van der Waals surface area contributed by atoms with Crippen LogP contribution in [0.2, 0.25) is 9.36 Å². The molecule has 200 valence electrons. The number of carbonyl (C=O) groups excluding carboxylic acids is 2. The van der Waals surface area contributed by atoms with Crippen molar-refractivity contribution >= 4 is 62.4 Å². The van der Waals surface area contributed by atoms with E-state index in [2.05, 4.69) is 19.5 Å². The smallest absolute Gasteiger partial charge is 0.339 e. The van der Waals surface area contributed by atoms with Crippen LogP contribution >= 0.6 is 34.5 Å². The van der Waals surface area contributed by atoms with Gasteiger partial charge in [-0.25, -0.2) is 19.9 Å². The molecule has 1 saturated carbocycles. The Labute approximate surface area is 231 Å². The SMILES string of the molecule is NS(=O)(=O)OC[C@H]1C[C@@H](Nc2ncncc2C(=O)c2cc([C@H]3OC(=O)c4ccc(Cl)cc43)c(Cl)s2)C[C@@H]1O. The van der Waals surface area contributed by atoms with E-state index >= 15 is 0 Å². The van der Waals surface area contributed by atoms with Crippen molar-refractivity contribution in [3.05, 3.63) is 73.3 Å². The van der Waals surface area contributed by atoms with Crippen LogP contribution in [0, 0.1) is 5.92 Å². The summed E-state index contributed by atoms with van der Waals surface area (Å²) in [6, 6.07) is 6.06. The number of halogens is 2. The van der Waals surface area contributed by atoms with Crippen molar-refractivity contribution in [3.63, 3.8) is 0 Å². The first-order chi connectivity index (χ1) is 18.0. The summed E-state index contributed by atoms with van der Waals surface area (Å²) >= 11 is 13.6. The second-order valence-corrected chi connectivity index (χ2v) is 12.2. The number of ketones is 1. The summed E-state index contributed by atoms with van der Waals surface area (Å²) in [7, 11) is -4.13. The zero-order chi connectivity index (χ0) is 27.2. The number of nitrogens with zero attached hydrogens (tertiary/aromatic N) is 2. The number of nitrogens with two attached hydrogens (primary N) is 1. The molecule has 5 rings (SSSR count). The highest BCUT2D eigenvalue weighted by Crippen LogP contribution is 2.43. The fourth-order valence-electron chi connectivity index (χ4n) is 4.59. The molecule has 11 nitrogen and oxygen atoms in total. The minimum atomic E-state index is -4.13. The second-order valence-electron chi connectivity index (χ2n) is 8.89. The molecule has 0 bridgehead atoms. The van der Waals surface area contributed by atoms with Crippen LogP contribution in [0.25, 0.3) is 0 Å². The van der Waals surface area contributed by atoms with E-state index < -0.39 is 40.2 Å². The molecule has 0 unspecified atom stereocenters. The molecule has 4 atom stereocenters. The Morgan fingerprint density at radius 3 is 2.82 bits per heavy atom. The molecule has 0 amide bonds. The molecule has 1 aliphatic heterocycles. The van der Waals surface area contributed by atoms with E-state index in [-0.39, 0.29) is 39.7 Å². The number of fused-ring (bicyclic) bond motifs is 1. The molecule has 0 radical (unpaired) electrons. The van der Waals surface area contributed by atoms with Crippen LogP contribution in [0.15, 0.2) is 36.8 Å². The van der Waals surface area contributed by atoms with Crippen molar-refractivity contribution in [2.45, 2.75) is 31.1 Å². The first-order valence-electron chi connectivity index (χ1n) is 11.3. The highest BCUT2D eigenvalue weighted by atomic mass is 35.5. The molecular formula is C23H20Cl2N4O7S2. The number of ether oxygens (including phenoxy) is 1. The van der Waals surface area contributed by atoms with Crippen molar-refractivity contribution in [2.75, 3.05) is 11.9 Å². The molecular weight excluding hydrogens is 579 g/mol. The lowest BCUT2D eigenvalue weighted by molar-refractivity contribution is 0.0456. The van der Waals surface area contributed by atoms with Crippen LogP contribution in [0.3, 0.4) is 0 Å². The Morgan fingerprint density at radius 2 is 2.05 bits per heavy atom. The molecule has 3 heterocycles. The Hall–Kier alpha value is -2.65. The van der Waals surface area contributed by atoms with E-state index in [0.717, 1.165) is 11.3 Å². The zero-order valence-electron chi connectivity index (χ0n) is 19.3. The maximum atomic E-state index is 13.5. The summed E-state index contributed by atoms with van der Waals surface area (Å²) < 4.78 is 32.6. The number of esters is 1. The number of hydrogen-bond acceptors (Lipinski definition) is 11. The third kappa shape index (κ3) is 5.54. The number of rotatable bonds is 8. The molecule has 0 spiro atoms. The Kier molecular flexibility index (Phi) is 7.44. The lowest BCUT2D eigenvalue weighted by Gasteiger charge is -2.15. The van der Waals surface area contributed by atoms with Crippen molar-refractivity contribution in [1.82, 2.24) is 9.97 Å². The Morgan fingerprint density at radius 1 is 1.26 bits per heavy atom. The number of aliphatic hydroxyl groups excluding tert-OH is 1. The molecule has 1 fully saturated rings. The van der Waals surface area contributed by atoms with E-state index in [9.17, 15) is 23.1 Å². The van der Waals surface area contributed by atoms with E-state index in [1.165, 1.54) is 12.5 Å². The summed E-state index contributed by atoms with van der Waals surface area (Å²) in [5.41, 5.74) is 1.57. The third-order valence-electron chi connectivity index (χ3n) is 6.36. The minimum absolute atomic E-state index is 0.169. The summed E-state index contributed by atoms with van der Waals surface area (Å²) in [5, 5.41) is 18.8. The Balaban J connectivity index is 1.35. The van der Waals surface area contributed by atoms with Crippen LogP contribution < -0.4 is 10.5 Å². The summed E-state index contributed by atoms with van der Waals surface area (Å²) in [5.74, 6) is -1.15. The fraction of sp³-hybridized carbons (Fsp3) is 0.304. The Bertz CT molecular complexity index is 1530. The van der Waals surface area contributed by atoms with Gasteiger partial charge in [-0.1, -0.05) is 23.2 Å². The first-order valence-corrected chi connectivity index (χ1v) is 14.3. The van der Waals surface area contributed by atoms with E-state index in [4.69, 9.17) is 33.1 Å². The fourth-order valence-corrected chi connectivity index (χ4v) is 6.41. The number of nitrogens with one attached hydrogen (secondary N) is 1. The predicted octanol–water partition coefficient (Wildman–Crippen LogP) is 3.11. The van der Waals surface area contributed by atoms with Crippen LogP contribution in [0.5, 0.6) is 0 Å². The maximum Gasteiger partial charge on any atom is 0.339 e. The number of anilines is 1. The minimum Gasteiger partial charge on any atom is -0.449 e.